The molecule has 5 rings (SSSR count). The molecule has 1 saturated heterocycles. The maximum atomic E-state index is 12.7. The molecule has 3 aromatic rings. The number of fused-ring (bicyclic) bond motifs is 2. The first-order valence-corrected chi connectivity index (χ1v) is 10.9. The molecule has 3 heterocycles. The van der Waals surface area contributed by atoms with Gasteiger partial charge in [-0.05, 0) is 49.2 Å². The van der Waals surface area contributed by atoms with Gasteiger partial charge in [0.2, 0.25) is 5.91 Å². The van der Waals surface area contributed by atoms with Gasteiger partial charge in [-0.2, -0.15) is 0 Å². The van der Waals surface area contributed by atoms with Crippen LogP contribution in [0.4, 0.5) is 0 Å². The van der Waals surface area contributed by atoms with Crippen molar-refractivity contribution in [1.82, 2.24) is 14.8 Å². The van der Waals surface area contributed by atoms with Crippen LogP contribution in [0.1, 0.15) is 51.6 Å². The maximum absolute atomic E-state index is 12.7. The summed E-state index contributed by atoms with van der Waals surface area (Å²) < 4.78 is 0. The molecular formula is C24H22ClN3O3. The van der Waals surface area contributed by atoms with Gasteiger partial charge in [-0.25, -0.2) is 0 Å². The van der Waals surface area contributed by atoms with Gasteiger partial charge in [-0.3, -0.25) is 19.3 Å². The molecule has 2 aromatic carbocycles. The van der Waals surface area contributed by atoms with Crippen LogP contribution in [-0.4, -0.2) is 52.1 Å². The van der Waals surface area contributed by atoms with E-state index in [0.717, 1.165) is 28.8 Å². The Hall–Kier alpha value is -3.12. The molecule has 0 spiro atoms. The predicted octanol–water partition coefficient (Wildman–Crippen LogP) is 4.21. The van der Waals surface area contributed by atoms with E-state index in [2.05, 4.69) is 11.1 Å². The Labute approximate surface area is 184 Å². The van der Waals surface area contributed by atoms with Crippen LogP contribution in [-0.2, 0) is 4.79 Å². The van der Waals surface area contributed by atoms with Gasteiger partial charge in [-0.15, -0.1) is 0 Å². The molecule has 2 aliphatic rings. The molecule has 1 aromatic heterocycles. The third kappa shape index (κ3) is 3.61. The number of H-pyrrole nitrogens is 1. The van der Waals surface area contributed by atoms with E-state index >= 15 is 0 Å². The summed E-state index contributed by atoms with van der Waals surface area (Å²) >= 11 is 6.09. The SMILES string of the molecule is O=C(CCN1C(=O)c2ccccc2C1=O)N1CCC(c2cc3cc(Cl)ccc3[nH]2)CC1. The first-order chi connectivity index (χ1) is 15.0. The highest BCUT2D eigenvalue weighted by atomic mass is 35.5. The second kappa shape index (κ2) is 7.85. The molecule has 3 amide bonds. The molecule has 6 nitrogen and oxygen atoms in total. The molecule has 0 bridgehead atoms. The van der Waals surface area contributed by atoms with Gasteiger partial charge >= 0.3 is 0 Å². The van der Waals surface area contributed by atoms with Gasteiger partial charge in [-0.1, -0.05) is 23.7 Å². The number of carbonyl (C=O) groups is 3. The van der Waals surface area contributed by atoms with Crippen molar-refractivity contribution >= 4 is 40.2 Å². The van der Waals surface area contributed by atoms with E-state index in [-0.39, 0.29) is 30.7 Å². The Bertz CT molecular complexity index is 1160. The van der Waals surface area contributed by atoms with Gasteiger partial charge in [0, 0.05) is 53.6 Å². The molecular weight excluding hydrogens is 414 g/mol. The summed E-state index contributed by atoms with van der Waals surface area (Å²) in [4.78, 5) is 44.1. The van der Waals surface area contributed by atoms with Crippen molar-refractivity contribution in [3.05, 3.63) is 70.4 Å². The van der Waals surface area contributed by atoms with Crippen molar-refractivity contribution in [1.29, 1.82) is 0 Å². The van der Waals surface area contributed by atoms with Crippen LogP contribution >= 0.6 is 11.6 Å². The van der Waals surface area contributed by atoms with Crippen LogP contribution in [0.5, 0.6) is 0 Å². The smallest absolute Gasteiger partial charge is 0.261 e. The zero-order valence-corrected chi connectivity index (χ0v) is 17.7. The Morgan fingerprint density at radius 3 is 2.35 bits per heavy atom. The number of carbonyl (C=O) groups excluding carboxylic acids is 3. The van der Waals surface area contributed by atoms with Gasteiger partial charge < -0.3 is 9.88 Å². The standard InChI is InChI=1S/C24H22ClN3O3/c25-17-5-6-20-16(13-17)14-21(26-20)15-7-10-27(11-8-15)22(29)9-12-28-23(30)18-3-1-2-4-19(18)24(28)31/h1-6,13-15,26H,7-12H2. The lowest BCUT2D eigenvalue weighted by molar-refractivity contribution is -0.132. The number of rotatable bonds is 4. The summed E-state index contributed by atoms with van der Waals surface area (Å²) in [7, 11) is 0. The number of imide groups is 1. The quantitative estimate of drug-likeness (QED) is 0.624. The van der Waals surface area contributed by atoms with E-state index in [9.17, 15) is 14.4 Å². The third-order valence-corrected chi connectivity index (χ3v) is 6.55. The first-order valence-electron chi connectivity index (χ1n) is 10.5. The van der Waals surface area contributed by atoms with E-state index in [1.54, 1.807) is 24.3 Å². The lowest BCUT2D eigenvalue weighted by Crippen LogP contribution is -2.40. The molecule has 1 fully saturated rings. The number of hydrogen-bond donors (Lipinski definition) is 1. The Morgan fingerprint density at radius 1 is 1.00 bits per heavy atom. The monoisotopic (exact) mass is 435 g/mol. The topological polar surface area (TPSA) is 73.5 Å². The highest BCUT2D eigenvalue weighted by Crippen LogP contribution is 2.31. The van der Waals surface area contributed by atoms with E-state index in [1.807, 2.05) is 23.1 Å². The molecule has 0 aliphatic carbocycles. The molecule has 1 N–H and O–H groups in total. The summed E-state index contributed by atoms with van der Waals surface area (Å²) in [5.41, 5.74) is 3.08. The van der Waals surface area contributed by atoms with E-state index in [4.69, 9.17) is 11.6 Å². The fourth-order valence-electron chi connectivity index (χ4n) is 4.59. The van der Waals surface area contributed by atoms with E-state index in [1.165, 1.54) is 10.6 Å². The highest BCUT2D eigenvalue weighted by molar-refractivity contribution is 6.31. The van der Waals surface area contributed by atoms with Crippen molar-refractivity contribution < 1.29 is 14.4 Å². The summed E-state index contributed by atoms with van der Waals surface area (Å²) in [6.07, 6.45) is 1.90. The van der Waals surface area contributed by atoms with E-state index in [0.29, 0.717) is 30.1 Å². The summed E-state index contributed by atoms with van der Waals surface area (Å²) in [5, 5.41) is 1.82. The van der Waals surface area contributed by atoms with Crippen LogP contribution in [0.3, 0.4) is 0 Å². The number of amides is 3. The second-order valence-electron chi connectivity index (χ2n) is 8.17. The molecule has 0 atom stereocenters. The summed E-state index contributed by atoms with van der Waals surface area (Å²) in [5.74, 6) is -0.276. The largest absolute Gasteiger partial charge is 0.358 e. The number of nitrogens with one attached hydrogen (secondary N) is 1. The van der Waals surface area contributed by atoms with Crippen LogP contribution in [0.15, 0.2) is 48.5 Å². The second-order valence-corrected chi connectivity index (χ2v) is 8.61. The van der Waals surface area contributed by atoms with Gasteiger partial charge in [0.05, 0.1) is 11.1 Å². The van der Waals surface area contributed by atoms with E-state index < -0.39 is 0 Å². The van der Waals surface area contributed by atoms with Crippen molar-refractivity contribution in [2.45, 2.75) is 25.2 Å². The van der Waals surface area contributed by atoms with Crippen molar-refractivity contribution in [2.24, 2.45) is 0 Å². The van der Waals surface area contributed by atoms with Crippen molar-refractivity contribution in [3.63, 3.8) is 0 Å². The lowest BCUT2D eigenvalue weighted by atomic mass is 9.93. The predicted molar refractivity (Wildman–Crippen MR) is 118 cm³/mol. The fraction of sp³-hybridized carbons (Fsp3) is 0.292. The Kier molecular flexibility index (Phi) is 5.02. The number of aromatic amines is 1. The molecule has 158 valence electrons. The maximum Gasteiger partial charge on any atom is 0.261 e. The average Bonchev–Trinajstić information content (AvgIpc) is 3.31. The number of hydrogen-bond acceptors (Lipinski definition) is 3. The average molecular weight is 436 g/mol. The molecule has 0 radical (unpaired) electrons. The number of piperidine rings is 1. The van der Waals surface area contributed by atoms with Crippen LogP contribution < -0.4 is 0 Å². The number of halogens is 1. The Balaban J connectivity index is 1.17. The molecule has 0 saturated carbocycles. The van der Waals surface area contributed by atoms with Gasteiger partial charge in [0.25, 0.3) is 11.8 Å². The van der Waals surface area contributed by atoms with Crippen LogP contribution in [0.2, 0.25) is 5.02 Å². The minimum Gasteiger partial charge on any atom is -0.358 e. The fourth-order valence-corrected chi connectivity index (χ4v) is 4.77. The number of likely N-dealkylation sites (tertiary alicyclic amines) is 1. The number of aromatic nitrogens is 1. The van der Waals surface area contributed by atoms with Gasteiger partial charge in [0.1, 0.15) is 0 Å². The van der Waals surface area contributed by atoms with Crippen LogP contribution in [0, 0.1) is 0 Å². The minimum atomic E-state index is -0.314. The third-order valence-electron chi connectivity index (χ3n) is 6.32. The number of nitrogens with zero attached hydrogens (tertiary/aromatic N) is 2. The van der Waals surface area contributed by atoms with Gasteiger partial charge in [0.15, 0.2) is 0 Å². The summed E-state index contributed by atoms with van der Waals surface area (Å²) in [6, 6.07) is 14.7. The zero-order chi connectivity index (χ0) is 21.5. The first kappa shape index (κ1) is 19.8. The molecule has 7 heteroatoms. The highest BCUT2D eigenvalue weighted by Gasteiger charge is 2.35. The minimum absolute atomic E-state index is 0.0153. The lowest BCUT2D eigenvalue weighted by Gasteiger charge is -2.32. The van der Waals surface area contributed by atoms with Crippen molar-refractivity contribution in [2.75, 3.05) is 19.6 Å². The molecule has 2 aliphatic heterocycles. The number of benzene rings is 2. The molecule has 31 heavy (non-hydrogen) atoms. The van der Waals surface area contributed by atoms with Crippen LogP contribution in [0.25, 0.3) is 10.9 Å². The summed E-state index contributed by atoms with van der Waals surface area (Å²) in [6.45, 7) is 1.46. The van der Waals surface area contributed by atoms with Crippen molar-refractivity contribution in [3.8, 4) is 0 Å². The normalized spacial score (nSPS) is 16.9. The molecule has 0 unspecified atom stereocenters. The Morgan fingerprint density at radius 2 is 1.68 bits per heavy atom. The zero-order valence-electron chi connectivity index (χ0n) is 16.9.